The van der Waals surface area contributed by atoms with E-state index in [9.17, 15) is 27.6 Å². The number of carbonyl (C=O) groups excluding carboxylic acids is 3. The number of halogens is 4. The summed E-state index contributed by atoms with van der Waals surface area (Å²) in [4.78, 5) is 54.3. The van der Waals surface area contributed by atoms with Gasteiger partial charge in [0.1, 0.15) is 6.61 Å². The van der Waals surface area contributed by atoms with E-state index in [-0.39, 0.29) is 47.9 Å². The van der Waals surface area contributed by atoms with Crippen LogP contribution in [0.3, 0.4) is 0 Å². The van der Waals surface area contributed by atoms with Crippen molar-refractivity contribution >= 4 is 75.5 Å². The van der Waals surface area contributed by atoms with E-state index in [1.165, 1.54) is 59.1 Å². The van der Waals surface area contributed by atoms with E-state index in [0.717, 1.165) is 79.2 Å². The second kappa shape index (κ2) is 22.7. The summed E-state index contributed by atoms with van der Waals surface area (Å²) in [6.07, 6.45) is -3.31. The van der Waals surface area contributed by atoms with Gasteiger partial charge in [0.05, 0.1) is 58.3 Å². The maximum absolute atomic E-state index is 13.3. The summed E-state index contributed by atoms with van der Waals surface area (Å²) in [5.41, 5.74) is 14.2. The third kappa shape index (κ3) is 11.1. The third-order valence-corrected chi connectivity index (χ3v) is 17.2. The Morgan fingerprint density at radius 2 is 1.40 bits per heavy atom. The Labute approximate surface area is 448 Å². The third-order valence-electron chi connectivity index (χ3n) is 14.7. The number of piperazine rings is 2. The highest BCUT2D eigenvalue weighted by atomic mass is 35.5. The number of para-hydroxylation sites is 2. The minimum absolute atomic E-state index is 0.0586. The van der Waals surface area contributed by atoms with Crippen LogP contribution in [-0.2, 0) is 25.2 Å². The number of aliphatic hydroxyl groups excluding tert-OH is 1. The molecule has 4 atom stereocenters. The lowest BCUT2D eigenvalue weighted by Crippen LogP contribution is -2.55. The molecule has 7 aliphatic rings. The van der Waals surface area contributed by atoms with E-state index in [1.54, 1.807) is 6.07 Å². The predicted molar refractivity (Wildman–Crippen MR) is 286 cm³/mol. The number of carbonyl (C=O) groups is 3. The fourth-order valence-electron chi connectivity index (χ4n) is 11.0. The summed E-state index contributed by atoms with van der Waals surface area (Å²) in [5, 5.41) is 13.1. The molecule has 6 heterocycles. The van der Waals surface area contributed by atoms with Crippen LogP contribution < -0.4 is 26.6 Å². The van der Waals surface area contributed by atoms with Gasteiger partial charge in [0.25, 0.3) is 0 Å². The molecule has 75 heavy (non-hydrogen) atoms. The summed E-state index contributed by atoms with van der Waals surface area (Å²) < 4.78 is 50.7. The first-order chi connectivity index (χ1) is 35.9. The molecule has 4 aromatic rings. The number of ether oxygens (including phenoxy) is 2. The van der Waals surface area contributed by atoms with Crippen molar-refractivity contribution in [2.45, 2.75) is 63.3 Å². The predicted octanol–water partition coefficient (Wildman–Crippen LogP) is 7.55. The number of nitrogens with two attached hydrogens (primary N) is 2. The van der Waals surface area contributed by atoms with Crippen molar-refractivity contribution in [1.29, 1.82) is 0 Å². The van der Waals surface area contributed by atoms with Crippen LogP contribution in [0.5, 0.6) is 0 Å². The maximum atomic E-state index is 13.3. The molecule has 0 radical (unpaired) electrons. The molecule has 3 saturated heterocycles. The highest BCUT2D eigenvalue weighted by Crippen LogP contribution is 2.56. The normalized spacial score (nSPS) is 22.5. The van der Waals surface area contributed by atoms with Gasteiger partial charge in [0.15, 0.2) is 5.72 Å². The fourth-order valence-corrected chi connectivity index (χ4v) is 13.3. The van der Waals surface area contributed by atoms with Crippen molar-refractivity contribution in [3.63, 3.8) is 0 Å². The number of rotatable bonds is 13. The molecule has 1 amide bonds. The lowest BCUT2D eigenvalue weighted by Gasteiger charge is -2.39. The molecule has 6 aliphatic heterocycles. The summed E-state index contributed by atoms with van der Waals surface area (Å²) in [6.45, 7) is 10.3. The molecule has 3 fully saturated rings. The van der Waals surface area contributed by atoms with E-state index in [4.69, 9.17) is 37.6 Å². The Morgan fingerprint density at radius 1 is 0.827 bits per heavy atom. The van der Waals surface area contributed by atoms with E-state index >= 15 is 0 Å². The maximum Gasteiger partial charge on any atom is 0.416 e. The minimum atomic E-state index is -4.35. The molecular weight excluding hydrogens is 1030 g/mol. The van der Waals surface area contributed by atoms with Crippen molar-refractivity contribution in [2.75, 3.05) is 110 Å². The number of Topliss-reactive ketones (excluding diaryl/α,β-unsaturated/α-hetero) is 2. The van der Waals surface area contributed by atoms with Crippen LogP contribution in [0.4, 0.5) is 40.7 Å². The Kier molecular flexibility index (Phi) is 16.5. The summed E-state index contributed by atoms with van der Waals surface area (Å²) in [6, 6.07) is 26.8. The zero-order chi connectivity index (χ0) is 53.3. The molecular formula is C54H63ClF3N9O6S2. The highest BCUT2D eigenvalue weighted by Gasteiger charge is 2.72. The standard InChI is InChI=1S/C22H26F3N3OS.C17H19ClN2S.C15H18N4O5/c23-22(24,25)17-6-7-21-19(16-17)28(18-4-1-2-5-20(18)30-21)9-3-8-26-10-12-27(13-11-26)14-15-29;1-19(2)10-5-11-20-14-6-3-4-7-16(14)21-17-9-8-13(18)12-15(17)20;1-5-9(16)12(21)8-6(4-24-14(17)22)15(23-2)13-7(18-13)3-19(15)10(8)11(5)20/h1-2,4-7,16,29H,3,8-15H2;3-4,6-9,12H,5,10-11H2,1-2H3;6-7,13,18H,3-4,16H2,1-2H3,(H2,17,22)/t;;6-,7+,13+,15-/m..1/s1. The molecule has 0 bridgehead atoms. The Bertz CT molecular complexity index is 2880. The summed E-state index contributed by atoms with van der Waals surface area (Å²) in [7, 11) is 5.75. The zero-order valence-electron chi connectivity index (χ0n) is 42.4. The summed E-state index contributed by atoms with van der Waals surface area (Å²) in [5.74, 6) is -1.34. The van der Waals surface area contributed by atoms with Crippen LogP contribution in [0.25, 0.3) is 0 Å². The van der Waals surface area contributed by atoms with Crippen LogP contribution in [-0.4, -0.2) is 160 Å². The molecule has 15 nitrogen and oxygen atoms in total. The largest absolute Gasteiger partial charge is 0.449 e. The SMILES string of the molecule is CN(C)CCCN1c2ccccc2Sc2ccc(Cl)cc21.CO[C@@]12[C@H](COC(N)=O)C3=C(C(=O)C(C)=C(N)C3=O)N1C[C@@H]1N[C@@H]12.OCCN1CCN(CCCN2c3ccccc3Sc3ccc(C(F)(F)F)cc32)CC1. The molecule has 400 valence electrons. The topological polar surface area (TPSA) is 183 Å². The number of primary amides is 1. The van der Waals surface area contributed by atoms with Crippen LogP contribution in [0.2, 0.25) is 5.02 Å². The number of hydrogen-bond donors (Lipinski definition) is 4. The average Bonchev–Trinajstić information content (AvgIpc) is 4.05. The van der Waals surface area contributed by atoms with Gasteiger partial charge in [-0.2, -0.15) is 13.2 Å². The monoisotopic (exact) mass is 1090 g/mol. The van der Waals surface area contributed by atoms with Crippen molar-refractivity contribution in [1.82, 2.24) is 24.9 Å². The van der Waals surface area contributed by atoms with E-state index in [0.29, 0.717) is 31.0 Å². The molecule has 0 saturated carbocycles. The number of benzene rings is 4. The number of hydrogen-bond acceptors (Lipinski definition) is 16. The number of methoxy groups -OCH3 is 1. The quantitative estimate of drug-likeness (QED) is 0.0760. The average molecular weight is 1090 g/mol. The summed E-state index contributed by atoms with van der Waals surface area (Å²) >= 11 is 9.56. The molecule has 1 aliphatic carbocycles. The van der Waals surface area contributed by atoms with Gasteiger partial charge in [-0.05, 0) is 108 Å². The molecule has 6 N–H and O–H groups in total. The van der Waals surface area contributed by atoms with Gasteiger partial charge in [-0.15, -0.1) is 0 Å². The van der Waals surface area contributed by atoms with Gasteiger partial charge in [-0.3, -0.25) is 14.5 Å². The number of allylic oxidation sites excluding steroid dienone is 2. The lowest BCUT2D eigenvalue weighted by atomic mass is 9.82. The molecule has 0 aromatic heterocycles. The van der Waals surface area contributed by atoms with Crippen molar-refractivity contribution in [3.05, 3.63) is 118 Å². The molecule has 21 heteroatoms. The second-order valence-corrected chi connectivity index (χ2v) is 22.2. The number of amides is 1. The van der Waals surface area contributed by atoms with E-state index < -0.39 is 35.3 Å². The van der Waals surface area contributed by atoms with Crippen molar-refractivity contribution in [2.24, 2.45) is 17.4 Å². The van der Waals surface area contributed by atoms with Crippen molar-refractivity contribution < 1.29 is 42.1 Å². The number of nitrogens with zero attached hydrogens (tertiary/aromatic N) is 6. The molecule has 4 aromatic carbocycles. The number of β-amino-alcohol motifs (C(OH)–C–C–N with tert-alkyl or cyclic N) is 1. The zero-order valence-corrected chi connectivity index (χ0v) is 44.8. The number of nitrogens with one attached hydrogen (secondary N) is 1. The number of alkyl halides is 3. The van der Waals surface area contributed by atoms with Crippen LogP contribution in [0.1, 0.15) is 25.3 Å². The first-order valence-electron chi connectivity index (χ1n) is 25.1. The highest BCUT2D eigenvalue weighted by molar-refractivity contribution is 8.00. The van der Waals surface area contributed by atoms with Gasteiger partial charge in [0, 0.05) is 101 Å². The van der Waals surface area contributed by atoms with Gasteiger partial charge < -0.3 is 55.9 Å². The van der Waals surface area contributed by atoms with Gasteiger partial charge in [-0.1, -0.05) is 59.4 Å². The Hall–Kier alpha value is -5.29. The van der Waals surface area contributed by atoms with Crippen molar-refractivity contribution in [3.8, 4) is 0 Å². The smallest absolute Gasteiger partial charge is 0.416 e. The number of anilines is 4. The lowest BCUT2D eigenvalue weighted by molar-refractivity contribution is -0.137. The number of fused-ring (bicyclic) bond motifs is 8. The molecule has 11 rings (SSSR count). The molecule has 0 spiro atoms. The Balaban J connectivity index is 0.000000140. The number of aliphatic hydroxyl groups is 1. The van der Waals surface area contributed by atoms with Crippen LogP contribution in [0.15, 0.2) is 127 Å². The minimum Gasteiger partial charge on any atom is -0.449 e. The van der Waals surface area contributed by atoms with E-state index in [1.807, 2.05) is 51.9 Å². The first-order valence-corrected chi connectivity index (χ1v) is 27.1. The fraction of sp³-hybridized carbons (Fsp3) is 0.426. The van der Waals surface area contributed by atoms with Gasteiger partial charge in [0.2, 0.25) is 11.6 Å². The second-order valence-electron chi connectivity index (χ2n) is 19.6. The molecule has 0 unspecified atom stereocenters. The number of ketones is 2. The van der Waals surface area contributed by atoms with Gasteiger partial charge >= 0.3 is 12.3 Å². The van der Waals surface area contributed by atoms with E-state index in [2.05, 4.69) is 75.4 Å². The first kappa shape index (κ1) is 54.5. The van der Waals surface area contributed by atoms with Crippen LogP contribution in [0, 0.1) is 5.92 Å². The van der Waals surface area contributed by atoms with Gasteiger partial charge in [-0.25, -0.2) is 4.79 Å². The Morgan fingerprint density at radius 3 is 1.99 bits per heavy atom. The van der Waals surface area contributed by atoms with Crippen LogP contribution >= 0.6 is 35.1 Å².